The Kier molecular flexibility index (Phi) is 3.89. The van der Waals surface area contributed by atoms with Crippen molar-refractivity contribution in [2.75, 3.05) is 0 Å². The quantitative estimate of drug-likeness (QED) is 0.620. The van der Waals surface area contributed by atoms with Gasteiger partial charge in [-0.1, -0.05) is 24.3 Å². The van der Waals surface area contributed by atoms with Gasteiger partial charge in [0.15, 0.2) is 0 Å². The Morgan fingerprint density at radius 3 is 2.59 bits per heavy atom. The van der Waals surface area contributed by atoms with Gasteiger partial charge in [-0.05, 0) is 52.4 Å². The summed E-state index contributed by atoms with van der Waals surface area (Å²) < 4.78 is 1.12. The lowest BCUT2D eigenvalue weighted by molar-refractivity contribution is 1.28. The Balaban J connectivity index is 2.45. The van der Waals surface area contributed by atoms with E-state index in [0.29, 0.717) is 11.3 Å². The van der Waals surface area contributed by atoms with Crippen LogP contribution in [0.3, 0.4) is 0 Å². The zero-order valence-corrected chi connectivity index (χ0v) is 11.1. The molecule has 0 unspecified atom stereocenters. The fourth-order valence-corrected chi connectivity index (χ4v) is 1.98. The first kappa shape index (κ1) is 11.8. The van der Waals surface area contributed by atoms with E-state index < -0.39 is 0 Å². The van der Waals surface area contributed by atoms with Crippen LogP contribution in [0.2, 0.25) is 0 Å². The minimum absolute atomic E-state index is 0.578. The highest BCUT2D eigenvalue weighted by Crippen LogP contribution is 2.19. The van der Waals surface area contributed by atoms with Gasteiger partial charge in [0.1, 0.15) is 6.07 Å². The van der Waals surface area contributed by atoms with Gasteiger partial charge < -0.3 is 0 Å². The first-order chi connectivity index (χ1) is 8.31. The minimum Gasteiger partial charge on any atom is -0.256 e. The van der Waals surface area contributed by atoms with Crippen molar-refractivity contribution in [1.29, 1.82) is 5.26 Å². The Labute approximate surface area is 114 Å². The number of hydrogen-bond acceptors (Lipinski definition) is 2. The fraction of sp³-hybridized carbons (Fsp3) is 0. The molecule has 0 aliphatic heterocycles. The van der Waals surface area contributed by atoms with Crippen LogP contribution in [0.25, 0.3) is 11.6 Å². The third-order valence-corrected chi connectivity index (χ3v) is 3.25. The molecule has 1 aromatic heterocycles. The summed E-state index contributed by atoms with van der Waals surface area (Å²) in [5.74, 6) is 0. The number of halogens is 1. The van der Waals surface area contributed by atoms with E-state index in [2.05, 4.69) is 33.6 Å². The maximum atomic E-state index is 9.17. The third kappa shape index (κ3) is 2.92. The summed E-state index contributed by atoms with van der Waals surface area (Å²) >= 11 is 2.26. The summed E-state index contributed by atoms with van der Waals surface area (Å²) in [7, 11) is 0. The summed E-state index contributed by atoms with van der Waals surface area (Å²) in [4.78, 5) is 4.18. The van der Waals surface area contributed by atoms with Crippen LogP contribution in [0.5, 0.6) is 0 Å². The first-order valence-electron chi connectivity index (χ1n) is 5.09. The van der Waals surface area contributed by atoms with Crippen LogP contribution in [0.4, 0.5) is 0 Å². The molecule has 17 heavy (non-hydrogen) atoms. The normalized spacial score (nSPS) is 10.9. The largest absolute Gasteiger partial charge is 0.256 e. The Morgan fingerprint density at radius 1 is 1.18 bits per heavy atom. The molecule has 3 heteroatoms. The van der Waals surface area contributed by atoms with Crippen LogP contribution < -0.4 is 0 Å². The van der Waals surface area contributed by atoms with E-state index in [-0.39, 0.29) is 0 Å². The van der Waals surface area contributed by atoms with Crippen LogP contribution in [-0.4, -0.2) is 4.98 Å². The number of nitriles is 1. The molecule has 0 radical (unpaired) electrons. The van der Waals surface area contributed by atoms with Gasteiger partial charge in [-0.25, -0.2) is 0 Å². The van der Waals surface area contributed by atoms with Gasteiger partial charge in [0.05, 0.1) is 11.3 Å². The zero-order chi connectivity index (χ0) is 12.1. The number of aromatic nitrogens is 1. The maximum absolute atomic E-state index is 9.17. The molecule has 0 aliphatic carbocycles. The first-order valence-corrected chi connectivity index (χ1v) is 6.17. The van der Waals surface area contributed by atoms with Crippen molar-refractivity contribution < 1.29 is 0 Å². The van der Waals surface area contributed by atoms with Crippen molar-refractivity contribution in [3.05, 3.63) is 63.5 Å². The van der Waals surface area contributed by atoms with Crippen molar-refractivity contribution in [3.63, 3.8) is 0 Å². The highest BCUT2D eigenvalue weighted by molar-refractivity contribution is 14.1. The molecule has 0 fully saturated rings. The van der Waals surface area contributed by atoms with E-state index in [1.807, 2.05) is 48.5 Å². The molecule has 2 rings (SSSR count). The monoisotopic (exact) mass is 332 g/mol. The van der Waals surface area contributed by atoms with Gasteiger partial charge in [-0.2, -0.15) is 5.26 Å². The Morgan fingerprint density at radius 2 is 1.94 bits per heavy atom. The molecule has 0 saturated heterocycles. The molecule has 0 spiro atoms. The summed E-state index contributed by atoms with van der Waals surface area (Å²) in [5, 5.41) is 9.17. The molecule has 0 aliphatic rings. The van der Waals surface area contributed by atoms with Crippen molar-refractivity contribution in [2.45, 2.75) is 0 Å². The highest BCUT2D eigenvalue weighted by Gasteiger charge is 2.02. The van der Waals surface area contributed by atoms with Gasteiger partial charge in [0.25, 0.3) is 0 Å². The molecule has 0 N–H and O–H groups in total. The SMILES string of the molecule is N#C/C(=C\c1ccccc1I)c1ccccn1. The Bertz CT molecular complexity index is 583. The third-order valence-electron chi connectivity index (χ3n) is 2.27. The summed E-state index contributed by atoms with van der Waals surface area (Å²) in [6.07, 6.45) is 3.56. The molecule has 0 amide bonds. The lowest BCUT2D eigenvalue weighted by atomic mass is 10.1. The van der Waals surface area contributed by atoms with E-state index in [0.717, 1.165) is 9.13 Å². The van der Waals surface area contributed by atoms with Gasteiger partial charge in [0.2, 0.25) is 0 Å². The second kappa shape index (κ2) is 5.60. The predicted octanol–water partition coefficient (Wildman–Crippen LogP) is 3.75. The lowest BCUT2D eigenvalue weighted by Gasteiger charge is -2.00. The molecular weight excluding hydrogens is 323 g/mol. The van der Waals surface area contributed by atoms with Crippen molar-refractivity contribution in [1.82, 2.24) is 4.98 Å². The van der Waals surface area contributed by atoms with Crippen LogP contribution in [0.1, 0.15) is 11.3 Å². The molecule has 2 aromatic rings. The van der Waals surface area contributed by atoms with E-state index in [4.69, 9.17) is 0 Å². The fourth-order valence-electron chi connectivity index (χ4n) is 1.43. The summed E-state index contributed by atoms with van der Waals surface area (Å²) in [6, 6.07) is 15.7. The van der Waals surface area contributed by atoms with Crippen LogP contribution >= 0.6 is 22.6 Å². The molecular formula is C14H9IN2. The average molecular weight is 332 g/mol. The van der Waals surface area contributed by atoms with E-state index in [1.165, 1.54) is 0 Å². The Hall–Kier alpha value is -1.67. The molecule has 1 heterocycles. The van der Waals surface area contributed by atoms with E-state index >= 15 is 0 Å². The van der Waals surface area contributed by atoms with Gasteiger partial charge in [-0.3, -0.25) is 4.98 Å². The van der Waals surface area contributed by atoms with Crippen LogP contribution in [0.15, 0.2) is 48.7 Å². The maximum Gasteiger partial charge on any atom is 0.101 e. The molecule has 82 valence electrons. The van der Waals surface area contributed by atoms with Crippen LogP contribution in [-0.2, 0) is 0 Å². The lowest BCUT2D eigenvalue weighted by Crippen LogP contribution is -1.87. The topological polar surface area (TPSA) is 36.7 Å². The molecule has 0 atom stereocenters. The van der Waals surface area contributed by atoms with Gasteiger partial charge >= 0.3 is 0 Å². The predicted molar refractivity (Wildman–Crippen MR) is 76.9 cm³/mol. The molecule has 2 nitrogen and oxygen atoms in total. The van der Waals surface area contributed by atoms with Crippen molar-refractivity contribution in [3.8, 4) is 6.07 Å². The minimum atomic E-state index is 0.578. The highest BCUT2D eigenvalue weighted by atomic mass is 127. The van der Waals surface area contributed by atoms with E-state index in [9.17, 15) is 5.26 Å². The number of rotatable bonds is 2. The van der Waals surface area contributed by atoms with Crippen LogP contribution in [0, 0.1) is 14.9 Å². The summed E-state index contributed by atoms with van der Waals surface area (Å²) in [6.45, 7) is 0. The smallest absolute Gasteiger partial charge is 0.101 e. The average Bonchev–Trinajstić information content (AvgIpc) is 2.39. The second-order valence-electron chi connectivity index (χ2n) is 3.41. The van der Waals surface area contributed by atoms with E-state index in [1.54, 1.807) is 6.20 Å². The number of pyridine rings is 1. The van der Waals surface area contributed by atoms with Crippen molar-refractivity contribution >= 4 is 34.2 Å². The van der Waals surface area contributed by atoms with Crippen molar-refractivity contribution in [2.24, 2.45) is 0 Å². The molecule has 1 aromatic carbocycles. The number of nitrogens with zero attached hydrogens (tertiary/aromatic N) is 2. The molecule has 0 bridgehead atoms. The summed E-state index contributed by atoms with van der Waals surface area (Å²) in [5.41, 5.74) is 2.32. The number of hydrogen-bond donors (Lipinski definition) is 0. The number of allylic oxidation sites excluding steroid dienone is 1. The molecule has 0 saturated carbocycles. The van der Waals surface area contributed by atoms with Gasteiger partial charge in [0, 0.05) is 9.77 Å². The standard InChI is InChI=1S/C14H9IN2/c15-13-6-2-1-5-11(13)9-12(10-16)14-7-3-4-8-17-14/h1-9H/b12-9+. The second-order valence-corrected chi connectivity index (χ2v) is 4.57. The van der Waals surface area contributed by atoms with Gasteiger partial charge in [-0.15, -0.1) is 0 Å². The zero-order valence-electron chi connectivity index (χ0n) is 8.97. The number of benzene rings is 1.